The Labute approximate surface area is 73.1 Å². The zero-order chi connectivity index (χ0) is 9.45. The van der Waals surface area contributed by atoms with E-state index in [2.05, 4.69) is 15.6 Å². The van der Waals surface area contributed by atoms with E-state index >= 15 is 0 Å². The summed E-state index contributed by atoms with van der Waals surface area (Å²) in [5.41, 5.74) is 0. The molecule has 0 aliphatic heterocycles. The largest absolute Gasteiger partial charge is 0.474 e. The van der Waals surface area contributed by atoms with Gasteiger partial charge in [0.25, 0.3) is 0 Å². The molecular formula is C7H15O4P. The van der Waals surface area contributed by atoms with Crippen molar-refractivity contribution in [3.05, 3.63) is 12.7 Å². The highest BCUT2D eigenvalue weighted by molar-refractivity contribution is 7.48. The fraction of sp³-hybridized carbons (Fsp3) is 0.714. The Bertz CT molecular complexity index is 161. The summed E-state index contributed by atoms with van der Waals surface area (Å²) in [7, 11) is -0.677. The van der Waals surface area contributed by atoms with Crippen molar-refractivity contribution in [1.82, 2.24) is 0 Å². The average molecular weight is 194 g/mol. The lowest BCUT2D eigenvalue weighted by Gasteiger charge is -2.12. The minimum Gasteiger partial charge on any atom is -0.290 e. The predicted molar refractivity (Wildman–Crippen MR) is 47.0 cm³/mol. The minimum atomic E-state index is -3.26. The fourth-order valence-electron chi connectivity index (χ4n) is 0.584. The summed E-state index contributed by atoms with van der Waals surface area (Å²) in [6, 6.07) is 0. The molecule has 5 heteroatoms. The van der Waals surface area contributed by atoms with E-state index < -0.39 is 7.82 Å². The van der Waals surface area contributed by atoms with Crippen molar-refractivity contribution < 1.29 is 18.1 Å². The molecule has 4 nitrogen and oxygen atoms in total. The van der Waals surface area contributed by atoms with E-state index in [0.717, 1.165) is 12.8 Å². The van der Waals surface area contributed by atoms with Crippen LogP contribution in [0.4, 0.5) is 0 Å². The fourth-order valence-corrected chi connectivity index (χ4v) is 1.30. The van der Waals surface area contributed by atoms with E-state index in [0.29, 0.717) is 6.61 Å². The summed E-state index contributed by atoms with van der Waals surface area (Å²) in [5, 5.41) is 0. The first-order valence-corrected chi connectivity index (χ1v) is 5.11. The van der Waals surface area contributed by atoms with Gasteiger partial charge in [-0.15, -0.1) is 6.58 Å². The van der Waals surface area contributed by atoms with Crippen molar-refractivity contribution in [3.63, 3.8) is 0 Å². The molecule has 0 aromatic carbocycles. The maximum atomic E-state index is 11.2. The number of rotatable bonds is 7. The number of allylic oxidation sites excluding steroid dienone is 1. The van der Waals surface area contributed by atoms with Crippen LogP contribution in [0.3, 0.4) is 0 Å². The molecule has 72 valence electrons. The van der Waals surface area contributed by atoms with Crippen molar-refractivity contribution in [1.29, 1.82) is 0 Å². The van der Waals surface area contributed by atoms with Crippen LogP contribution in [0, 0.1) is 0 Å². The van der Waals surface area contributed by atoms with E-state index in [-0.39, 0.29) is 0 Å². The smallest absolute Gasteiger partial charge is 0.290 e. The third-order valence-electron chi connectivity index (χ3n) is 1.25. The Morgan fingerprint density at radius 1 is 1.42 bits per heavy atom. The van der Waals surface area contributed by atoms with Gasteiger partial charge in [-0.05, 0) is 12.8 Å². The van der Waals surface area contributed by atoms with Crippen LogP contribution in [0.15, 0.2) is 12.7 Å². The molecule has 12 heavy (non-hydrogen) atoms. The van der Waals surface area contributed by atoms with Gasteiger partial charge < -0.3 is 0 Å². The van der Waals surface area contributed by atoms with E-state index in [1.165, 1.54) is 14.2 Å². The van der Waals surface area contributed by atoms with Gasteiger partial charge in [-0.1, -0.05) is 6.08 Å². The summed E-state index contributed by atoms with van der Waals surface area (Å²) in [4.78, 5) is 0. The van der Waals surface area contributed by atoms with Gasteiger partial charge >= 0.3 is 7.82 Å². The van der Waals surface area contributed by atoms with Gasteiger partial charge in [0.05, 0.1) is 6.61 Å². The van der Waals surface area contributed by atoms with Crippen LogP contribution in [-0.2, 0) is 18.1 Å². The van der Waals surface area contributed by atoms with Crippen LogP contribution in [0.1, 0.15) is 12.8 Å². The van der Waals surface area contributed by atoms with E-state index in [9.17, 15) is 4.57 Å². The number of phosphoric acid groups is 1. The number of hydrogen-bond donors (Lipinski definition) is 0. The van der Waals surface area contributed by atoms with Crippen molar-refractivity contribution in [3.8, 4) is 0 Å². The van der Waals surface area contributed by atoms with Crippen LogP contribution < -0.4 is 0 Å². The maximum Gasteiger partial charge on any atom is 0.474 e. The van der Waals surface area contributed by atoms with Crippen molar-refractivity contribution in [2.75, 3.05) is 20.8 Å². The van der Waals surface area contributed by atoms with Gasteiger partial charge in [-0.25, -0.2) is 4.57 Å². The Morgan fingerprint density at radius 2 is 2.00 bits per heavy atom. The van der Waals surface area contributed by atoms with Gasteiger partial charge in [-0.3, -0.25) is 13.6 Å². The van der Waals surface area contributed by atoms with Crippen LogP contribution in [0.2, 0.25) is 0 Å². The second-order valence-electron chi connectivity index (χ2n) is 2.08. The van der Waals surface area contributed by atoms with Crippen molar-refractivity contribution >= 4 is 7.82 Å². The SMILES string of the molecule is C=CCCCOP(=O)(OC)OC. The molecule has 0 aromatic heterocycles. The Kier molecular flexibility index (Phi) is 6.30. The van der Waals surface area contributed by atoms with E-state index in [1.54, 1.807) is 6.08 Å². The summed E-state index contributed by atoms with van der Waals surface area (Å²) in [5.74, 6) is 0. The second kappa shape index (κ2) is 6.38. The first-order valence-electron chi connectivity index (χ1n) is 3.65. The molecule has 0 N–H and O–H groups in total. The van der Waals surface area contributed by atoms with Gasteiger partial charge in [0.15, 0.2) is 0 Å². The molecule has 0 saturated carbocycles. The molecule has 0 aliphatic rings. The molecule has 0 radical (unpaired) electrons. The Hall–Kier alpha value is -0.150. The first kappa shape index (κ1) is 11.8. The molecule has 0 rings (SSSR count). The van der Waals surface area contributed by atoms with Crippen molar-refractivity contribution in [2.45, 2.75) is 12.8 Å². The summed E-state index contributed by atoms with van der Waals surface area (Å²) in [6.45, 7) is 3.90. The van der Waals surface area contributed by atoms with Crippen LogP contribution >= 0.6 is 7.82 Å². The Morgan fingerprint density at radius 3 is 2.42 bits per heavy atom. The minimum absolute atomic E-state index is 0.352. The van der Waals surface area contributed by atoms with Gasteiger partial charge in [-0.2, -0.15) is 0 Å². The molecule has 0 atom stereocenters. The second-order valence-corrected chi connectivity index (χ2v) is 3.96. The highest BCUT2D eigenvalue weighted by atomic mass is 31.2. The lowest BCUT2D eigenvalue weighted by atomic mass is 10.3. The molecule has 0 heterocycles. The maximum absolute atomic E-state index is 11.2. The predicted octanol–water partition coefficient (Wildman–Crippen LogP) is 2.37. The molecule has 0 amide bonds. The molecule has 0 saturated heterocycles. The van der Waals surface area contributed by atoms with E-state index in [1.807, 2.05) is 0 Å². The summed E-state index contributed by atoms with van der Waals surface area (Å²) in [6.07, 6.45) is 3.36. The van der Waals surface area contributed by atoms with Gasteiger partial charge in [0.2, 0.25) is 0 Å². The summed E-state index contributed by atoms with van der Waals surface area (Å²) < 4.78 is 25.2. The zero-order valence-corrected chi connectivity index (χ0v) is 8.38. The number of unbranched alkanes of at least 4 members (excludes halogenated alkanes) is 1. The van der Waals surface area contributed by atoms with Crippen molar-refractivity contribution in [2.24, 2.45) is 0 Å². The highest BCUT2D eigenvalue weighted by Crippen LogP contribution is 2.47. The monoisotopic (exact) mass is 194 g/mol. The number of hydrogen-bond acceptors (Lipinski definition) is 4. The molecule has 0 spiro atoms. The highest BCUT2D eigenvalue weighted by Gasteiger charge is 2.21. The first-order chi connectivity index (χ1) is 5.68. The molecule has 0 fully saturated rings. The number of phosphoric ester groups is 1. The quantitative estimate of drug-likeness (QED) is 0.354. The van der Waals surface area contributed by atoms with Gasteiger partial charge in [0, 0.05) is 14.2 Å². The topological polar surface area (TPSA) is 44.8 Å². The molecule has 0 bridgehead atoms. The molecular weight excluding hydrogens is 179 g/mol. The van der Waals surface area contributed by atoms with E-state index in [4.69, 9.17) is 4.52 Å². The average Bonchev–Trinajstić information content (AvgIpc) is 2.12. The zero-order valence-electron chi connectivity index (χ0n) is 7.49. The lowest BCUT2D eigenvalue weighted by molar-refractivity contribution is 0.151. The van der Waals surface area contributed by atoms with Gasteiger partial charge in [0.1, 0.15) is 0 Å². The third kappa shape index (κ3) is 4.67. The third-order valence-corrected chi connectivity index (χ3v) is 2.64. The molecule has 0 unspecified atom stereocenters. The normalized spacial score (nSPS) is 11.5. The van der Waals surface area contributed by atoms with Crippen LogP contribution in [0.25, 0.3) is 0 Å². The van der Waals surface area contributed by atoms with Crippen LogP contribution in [0.5, 0.6) is 0 Å². The summed E-state index contributed by atoms with van der Waals surface area (Å²) >= 11 is 0. The van der Waals surface area contributed by atoms with Crippen LogP contribution in [-0.4, -0.2) is 20.8 Å². The Balaban J connectivity index is 3.59. The molecule has 0 aromatic rings. The lowest BCUT2D eigenvalue weighted by Crippen LogP contribution is -1.96. The standard InChI is InChI=1S/C7H15O4P/c1-4-5-6-7-11-12(8,9-2)10-3/h4H,1,5-7H2,2-3H3. The molecule has 0 aliphatic carbocycles.